The van der Waals surface area contributed by atoms with Crippen molar-refractivity contribution in [3.05, 3.63) is 30.1 Å². The van der Waals surface area contributed by atoms with Crippen molar-refractivity contribution in [2.24, 2.45) is 5.41 Å². The van der Waals surface area contributed by atoms with E-state index in [9.17, 15) is 4.79 Å². The number of halogens is 1. The number of hydrogen-bond donors (Lipinski definition) is 1. The molecule has 1 amide bonds. The van der Waals surface area contributed by atoms with Gasteiger partial charge in [-0.25, -0.2) is 0 Å². The molecule has 4 heteroatoms. The van der Waals surface area contributed by atoms with Crippen molar-refractivity contribution in [3.63, 3.8) is 0 Å². The molecule has 18 heavy (non-hydrogen) atoms. The van der Waals surface area contributed by atoms with Gasteiger partial charge < -0.3 is 5.32 Å². The monoisotopic (exact) mass is 312 g/mol. The van der Waals surface area contributed by atoms with E-state index in [1.807, 2.05) is 46.8 Å². The average Bonchev–Trinajstić information content (AvgIpc) is 2.27. The van der Waals surface area contributed by atoms with Crippen molar-refractivity contribution in [3.8, 4) is 0 Å². The van der Waals surface area contributed by atoms with E-state index in [0.29, 0.717) is 0 Å². The van der Waals surface area contributed by atoms with Crippen molar-refractivity contribution in [1.82, 2.24) is 10.3 Å². The first-order valence-corrected chi connectivity index (χ1v) is 6.93. The number of alkyl halides is 1. The first kappa shape index (κ1) is 15.2. The number of aromatic nitrogens is 1. The number of carbonyl (C=O) groups is 1. The minimum atomic E-state index is -0.405. The zero-order valence-electron chi connectivity index (χ0n) is 11.6. The number of hydrogen-bond acceptors (Lipinski definition) is 2. The molecule has 1 atom stereocenters. The Labute approximate surface area is 118 Å². The highest BCUT2D eigenvalue weighted by Crippen LogP contribution is 2.28. The van der Waals surface area contributed by atoms with Crippen molar-refractivity contribution >= 4 is 21.8 Å². The molecule has 0 fully saturated rings. The van der Waals surface area contributed by atoms with Gasteiger partial charge in [-0.15, -0.1) is 0 Å². The molecule has 0 spiro atoms. The maximum Gasteiger partial charge on any atom is 0.234 e. The molecule has 1 aromatic heterocycles. The molecular formula is C14H21BrN2O. The lowest BCUT2D eigenvalue weighted by Gasteiger charge is -2.31. The van der Waals surface area contributed by atoms with E-state index in [-0.39, 0.29) is 16.1 Å². The molecule has 0 radical (unpaired) electrons. The molecule has 0 aliphatic heterocycles. The highest BCUT2D eigenvalue weighted by atomic mass is 79.9. The van der Waals surface area contributed by atoms with E-state index in [2.05, 4.69) is 26.2 Å². The van der Waals surface area contributed by atoms with Crippen LogP contribution in [0.2, 0.25) is 0 Å². The summed E-state index contributed by atoms with van der Waals surface area (Å²) < 4.78 is 0. The quantitative estimate of drug-likeness (QED) is 0.871. The van der Waals surface area contributed by atoms with Gasteiger partial charge in [0.1, 0.15) is 0 Å². The van der Waals surface area contributed by atoms with Gasteiger partial charge in [0.2, 0.25) is 5.91 Å². The van der Waals surface area contributed by atoms with Gasteiger partial charge in [-0.05, 0) is 37.0 Å². The molecule has 0 aliphatic rings. The summed E-state index contributed by atoms with van der Waals surface area (Å²) in [7, 11) is 0. The van der Waals surface area contributed by atoms with E-state index in [0.717, 1.165) is 5.56 Å². The summed E-state index contributed by atoms with van der Waals surface area (Å²) in [6.07, 6.45) is 3.47. The SMILES string of the molecule is CC(C)(NC(=O)C(Br)C(C)(C)C)c1ccncc1. The van der Waals surface area contributed by atoms with E-state index in [4.69, 9.17) is 0 Å². The van der Waals surface area contributed by atoms with Crippen molar-refractivity contribution in [2.75, 3.05) is 0 Å². The number of nitrogens with one attached hydrogen (secondary N) is 1. The normalized spacial score (nSPS) is 14.1. The highest BCUT2D eigenvalue weighted by molar-refractivity contribution is 9.10. The van der Waals surface area contributed by atoms with E-state index in [1.165, 1.54) is 0 Å². The minimum absolute atomic E-state index is 0.00399. The summed E-state index contributed by atoms with van der Waals surface area (Å²) >= 11 is 3.46. The lowest BCUT2D eigenvalue weighted by Crippen LogP contribution is -2.47. The third-order valence-corrected chi connectivity index (χ3v) is 4.62. The van der Waals surface area contributed by atoms with Gasteiger partial charge in [0.25, 0.3) is 0 Å². The van der Waals surface area contributed by atoms with Crippen LogP contribution in [0.5, 0.6) is 0 Å². The summed E-state index contributed by atoms with van der Waals surface area (Å²) in [4.78, 5) is 16.0. The Bertz CT molecular complexity index is 410. The summed E-state index contributed by atoms with van der Waals surface area (Å²) in [6, 6.07) is 3.83. The van der Waals surface area contributed by atoms with Gasteiger partial charge in [-0.1, -0.05) is 36.7 Å². The van der Waals surface area contributed by atoms with Crippen LogP contribution in [0.1, 0.15) is 40.2 Å². The molecule has 1 N–H and O–H groups in total. The maximum atomic E-state index is 12.2. The molecule has 0 saturated heterocycles. The molecule has 1 heterocycles. The van der Waals surface area contributed by atoms with Crippen molar-refractivity contribution in [2.45, 2.75) is 45.0 Å². The van der Waals surface area contributed by atoms with Gasteiger partial charge in [-0.3, -0.25) is 9.78 Å². The summed E-state index contributed by atoms with van der Waals surface area (Å²) in [5, 5.41) is 3.07. The van der Waals surface area contributed by atoms with Gasteiger partial charge in [-0.2, -0.15) is 0 Å². The standard InChI is InChI=1S/C14H21BrN2O/c1-13(2,3)11(15)12(18)17-14(4,5)10-6-8-16-9-7-10/h6-9,11H,1-5H3,(H,17,18). The smallest absolute Gasteiger partial charge is 0.234 e. The van der Waals surface area contributed by atoms with Crippen molar-refractivity contribution in [1.29, 1.82) is 0 Å². The molecule has 0 aliphatic carbocycles. The second-order valence-corrected chi connectivity index (χ2v) is 6.99. The average molecular weight is 313 g/mol. The Morgan fingerprint density at radius 2 is 1.72 bits per heavy atom. The molecule has 1 unspecified atom stereocenters. The number of carbonyl (C=O) groups excluding carboxylic acids is 1. The predicted molar refractivity (Wildman–Crippen MR) is 77.6 cm³/mol. The molecule has 0 bridgehead atoms. The summed E-state index contributed by atoms with van der Waals surface area (Å²) in [5.74, 6) is 0.00399. The summed E-state index contributed by atoms with van der Waals surface area (Å²) in [5.41, 5.74) is 0.523. The van der Waals surface area contributed by atoms with Crippen LogP contribution >= 0.6 is 15.9 Å². The number of pyridine rings is 1. The topological polar surface area (TPSA) is 42.0 Å². The second kappa shape index (κ2) is 5.39. The van der Waals surface area contributed by atoms with E-state index >= 15 is 0 Å². The van der Waals surface area contributed by atoms with Crippen molar-refractivity contribution < 1.29 is 4.79 Å². The van der Waals surface area contributed by atoms with Crippen LogP contribution in [-0.2, 0) is 10.3 Å². The van der Waals surface area contributed by atoms with Gasteiger partial charge in [0, 0.05) is 12.4 Å². The number of nitrogens with zero attached hydrogens (tertiary/aromatic N) is 1. The molecule has 100 valence electrons. The molecule has 0 aromatic carbocycles. The molecule has 3 nitrogen and oxygen atoms in total. The third-order valence-electron chi connectivity index (χ3n) is 2.83. The molecule has 0 saturated carbocycles. The Hall–Kier alpha value is -0.900. The maximum absolute atomic E-state index is 12.2. The Morgan fingerprint density at radius 3 is 2.17 bits per heavy atom. The Balaban J connectivity index is 2.81. The van der Waals surface area contributed by atoms with Crippen LogP contribution in [0, 0.1) is 5.41 Å². The van der Waals surface area contributed by atoms with Gasteiger partial charge in [0.05, 0.1) is 10.4 Å². The van der Waals surface area contributed by atoms with E-state index in [1.54, 1.807) is 12.4 Å². The molecule has 1 rings (SSSR count). The lowest BCUT2D eigenvalue weighted by atomic mass is 9.90. The minimum Gasteiger partial charge on any atom is -0.346 e. The molecular weight excluding hydrogens is 292 g/mol. The van der Waals surface area contributed by atoms with Crippen LogP contribution in [-0.4, -0.2) is 15.7 Å². The zero-order chi connectivity index (χ0) is 14.0. The van der Waals surface area contributed by atoms with Gasteiger partial charge >= 0.3 is 0 Å². The third kappa shape index (κ3) is 3.80. The number of rotatable bonds is 3. The van der Waals surface area contributed by atoms with Crippen LogP contribution in [0.3, 0.4) is 0 Å². The van der Waals surface area contributed by atoms with Crippen LogP contribution in [0.25, 0.3) is 0 Å². The highest BCUT2D eigenvalue weighted by Gasteiger charge is 2.32. The fourth-order valence-electron chi connectivity index (χ4n) is 1.61. The van der Waals surface area contributed by atoms with Crippen LogP contribution in [0.15, 0.2) is 24.5 Å². The fourth-order valence-corrected chi connectivity index (χ4v) is 1.72. The predicted octanol–water partition coefficient (Wildman–Crippen LogP) is 3.24. The van der Waals surface area contributed by atoms with E-state index < -0.39 is 5.54 Å². The van der Waals surface area contributed by atoms with Crippen LogP contribution < -0.4 is 5.32 Å². The Kier molecular flexibility index (Phi) is 4.54. The summed E-state index contributed by atoms with van der Waals surface area (Å²) in [6.45, 7) is 10.1. The first-order chi connectivity index (χ1) is 8.14. The van der Waals surface area contributed by atoms with Crippen LogP contribution in [0.4, 0.5) is 0 Å². The zero-order valence-corrected chi connectivity index (χ0v) is 13.2. The number of amides is 1. The second-order valence-electron chi connectivity index (χ2n) is 6.08. The fraction of sp³-hybridized carbons (Fsp3) is 0.571. The lowest BCUT2D eigenvalue weighted by molar-refractivity contribution is -0.123. The first-order valence-electron chi connectivity index (χ1n) is 6.01. The van der Waals surface area contributed by atoms with Gasteiger partial charge in [0.15, 0.2) is 0 Å². The Morgan fingerprint density at radius 1 is 1.22 bits per heavy atom. The molecule has 1 aromatic rings. The largest absolute Gasteiger partial charge is 0.346 e.